The zero-order valence-electron chi connectivity index (χ0n) is 20.8. The molecular formula is C28H24ClFN6O3. The minimum absolute atomic E-state index is 0.0278. The van der Waals surface area contributed by atoms with E-state index in [9.17, 15) is 18.8 Å². The average Bonchev–Trinajstić information content (AvgIpc) is 3.44. The van der Waals surface area contributed by atoms with Crippen molar-refractivity contribution >= 4 is 41.0 Å². The number of rotatable bonds is 10. The largest absolute Gasteiger partial charge is 0.342 e. The summed E-state index contributed by atoms with van der Waals surface area (Å²) in [6.07, 6.45) is 4.40. The number of tetrazole rings is 1. The number of carbonyl (C=O) groups is 3. The normalized spacial score (nSPS) is 11.8. The highest BCUT2D eigenvalue weighted by molar-refractivity contribution is 6.30. The number of carbonyl (C=O) groups excluding carboxylic acids is 3. The molecule has 1 heterocycles. The molecule has 2 N–H and O–H groups in total. The molecule has 0 fully saturated rings. The molecule has 198 valence electrons. The Morgan fingerprint density at radius 1 is 1.05 bits per heavy atom. The van der Waals surface area contributed by atoms with Crippen molar-refractivity contribution < 1.29 is 18.8 Å². The first-order valence-corrected chi connectivity index (χ1v) is 12.3. The second kappa shape index (κ2) is 12.7. The topological polar surface area (TPSA) is 119 Å². The van der Waals surface area contributed by atoms with Crippen molar-refractivity contribution in [3.63, 3.8) is 0 Å². The smallest absolute Gasteiger partial charge is 0.244 e. The van der Waals surface area contributed by atoms with E-state index in [2.05, 4.69) is 26.2 Å². The summed E-state index contributed by atoms with van der Waals surface area (Å²) >= 11 is 6.14. The Hall–Kier alpha value is -4.70. The van der Waals surface area contributed by atoms with Crippen LogP contribution in [0.15, 0.2) is 79.1 Å². The standard InChI is InChI=1S/C28H24ClFN6O3/c1-18(37)32-24-10-7-20(13-23(24)30)15-27(38)25(14-19-5-3-2-4-6-19)33-28(39)12-8-21-16-22(29)9-11-26(21)36-17-31-34-35-36/h2-13,16-17,25H,14-15H2,1H3,(H,32,37)(H,33,39)/b12-8+/t25-/m0/s1. The summed E-state index contributed by atoms with van der Waals surface area (Å²) in [5.41, 5.74) is 2.49. The Morgan fingerprint density at radius 2 is 1.85 bits per heavy atom. The number of halogens is 2. The maximum atomic E-state index is 14.4. The van der Waals surface area contributed by atoms with Crippen molar-refractivity contribution in [2.45, 2.75) is 25.8 Å². The molecule has 0 bridgehead atoms. The van der Waals surface area contributed by atoms with E-state index in [0.717, 1.165) is 5.56 Å². The number of benzene rings is 3. The summed E-state index contributed by atoms with van der Waals surface area (Å²) < 4.78 is 15.9. The highest BCUT2D eigenvalue weighted by Gasteiger charge is 2.21. The van der Waals surface area contributed by atoms with Crippen LogP contribution in [0.25, 0.3) is 11.8 Å². The van der Waals surface area contributed by atoms with E-state index in [-0.39, 0.29) is 24.3 Å². The van der Waals surface area contributed by atoms with Gasteiger partial charge in [0.15, 0.2) is 5.78 Å². The Bertz CT molecular complexity index is 1510. The minimum atomic E-state index is -0.874. The number of nitrogens with zero attached hydrogens (tertiary/aromatic N) is 4. The molecule has 0 unspecified atom stereocenters. The lowest BCUT2D eigenvalue weighted by molar-refractivity contribution is -0.125. The van der Waals surface area contributed by atoms with Crippen LogP contribution in [0, 0.1) is 5.82 Å². The Kier molecular flexibility index (Phi) is 8.90. The molecule has 3 aromatic carbocycles. The van der Waals surface area contributed by atoms with Crippen molar-refractivity contribution in [3.8, 4) is 5.69 Å². The quantitative estimate of drug-likeness (QED) is 0.291. The van der Waals surface area contributed by atoms with Gasteiger partial charge in [-0.2, -0.15) is 4.68 Å². The first-order chi connectivity index (χ1) is 18.8. The van der Waals surface area contributed by atoms with E-state index in [0.29, 0.717) is 21.8 Å². The van der Waals surface area contributed by atoms with E-state index in [1.165, 1.54) is 36.1 Å². The molecule has 9 nitrogen and oxygen atoms in total. The van der Waals surface area contributed by atoms with Gasteiger partial charge >= 0.3 is 0 Å². The molecule has 0 radical (unpaired) electrons. The molecule has 39 heavy (non-hydrogen) atoms. The molecule has 4 rings (SSSR count). The molecule has 0 aliphatic heterocycles. The molecule has 0 spiro atoms. The second-order valence-electron chi connectivity index (χ2n) is 8.68. The Labute approximate surface area is 228 Å². The van der Waals surface area contributed by atoms with Gasteiger partial charge in [-0.05, 0) is 64.4 Å². The lowest BCUT2D eigenvalue weighted by Crippen LogP contribution is -2.42. The summed E-state index contributed by atoms with van der Waals surface area (Å²) in [4.78, 5) is 37.4. The molecule has 0 saturated heterocycles. The minimum Gasteiger partial charge on any atom is -0.342 e. The van der Waals surface area contributed by atoms with Crippen molar-refractivity contribution in [3.05, 3.63) is 107 Å². The predicted molar refractivity (Wildman–Crippen MR) is 145 cm³/mol. The maximum absolute atomic E-state index is 14.4. The van der Waals surface area contributed by atoms with Crippen molar-refractivity contribution in [1.29, 1.82) is 0 Å². The zero-order valence-corrected chi connectivity index (χ0v) is 21.6. The molecule has 0 aliphatic rings. The maximum Gasteiger partial charge on any atom is 0.244 e. The van der Waals surface area contributed by atoms with Gasteiger partial charge in [-0.3, -0.25) is 14.4 Å². The third kappa shape index (κ3) is 7.65. The monoisotopic (exact) mass is 546 g/mol. The second-order valence-corrected chi connectivity index (χ2v) is 9.12. The van der Waals surface area contributed by atoms with E-state index in [4.69, 9.17) is 11.6 Å². The summed E-state index contributed by atoms with van der Waals surface area (Å²) in [6, 6.07) is 17.6. The number of hydrogen-bond donors (Lipinski definition) is 2. The van der Waals surface area contributed by atoms with E-state index in [1.54, 1.807) is 30.3 Å². The summed E-state index contributed by atoms with van der Waals surface area (Å²) in [5.74, 6) is -1.86. The average molecular weight is 547 g/mol. The van der Waals surface area contributed by atoms with Gasteiger partial charge in [-0.1, -0.05) is 48.0 Å². The van der Waals surface area contributed by atoms with Gasteiger partial charge < -0.3 is 10.6 Å². The molecule has 0 aliphatic carbocycles. The lowest BCUT2D eigenvalue weighted by atomic mass is 9.97. The van der Waals surface area contributed by atoms with Gasteiger partial charge in [-0.15, -0.1) is 5.10 Å². The molecular weight excluding hydrogens is 523 g/mol. The molecule has 2 amide bonds. The summed E-state index contributed by atoms with van der Waals surface area (Å²) in [7, 11) is 0. The third-order valence-electron chi connectivity index (χ3n) is 5.71. The van der Waals surface area contributed by atoms with Crippen LogP contribution in [0.4, 0.5) is 10.1 Å². The van der Waals surface area contributed by atoms with Crippen LogP contribution in [0.2, 0.25) is 5.02 Å². The Balaban J connectivity index is 1.52. The highest BCUT2D eigenvalue weighted by atomic mass is 35.5. The fourth-order valence-electron chi connectivity index (χ4n) is 3.90. The van der Waals surface area contributed by atoms with Crippen molar-refractivity contribution in [2.75, 3.05) is 5.32 Å². The number of nitrogens with one attached hydrogen (secondary N) is 2. The van der Waals surface area contributed by atoms with Crippen LogP contribution in [0.5, 0.6) is 0 Å². The van der Waals surface area contributed by atoms with Gasteiger partial charge in [0.25, 0.3) is 0 Å². The van der Waals surface area contributed by atoms with Gasteiger partial charge in [0.2, 0.25) is 11.8 Å². The molecule has 1 atom stereocenters. The summed E-state index contributed by atoms with van der Waals surface area (Å²) in [6.45, 7) is 1.28. The van der Waals surface area contributed by atoms with Crippen molar-refractivity contribution in [2.24, 2.45) is 0 Å². The number of Topliss-reactive ketones (excluding diaryl/α,β-unsaturated/α-hetero) is 1. The van der Waals surface area contributed by atoms with E-state index >= 15 is 0 Å². The van der Waals surface area contributed by atoms with Crippen LogP contribution in [0.3, 0.4) is 0 Å². The first kappa shape index (κ1) is 27.3. The Morgan fingerprint density at radius 3 is 2.54 bits per heavy atom. The third-order valence-corrected chi connectivity index (χ3v) is 5.95. The molecule has 1 aromatic heterocycles. The van der Waals surface area contributed by atoms with Crippen molar-refractivity contribution in [1.82, 2.24) is 25.5 Å². The van der Waals surface area contributed by atoms with E-state index in [1.807, 2.05) is 30.3 Å². The van der Waals surface area contributed by atoms with Crippen LogP contribution < -0.4 is 10.6 Å². The van der Waals surface area contributed by atoms with Gasteiger partial charge in [-0.25, -0.2) is 4.39 Å². The fourth-order valence-corrected chi connectivity index (χ4v) is 4.08. The van der Waals surface area contributed by atoms with Crippen LogP contribution in [-0.4, -0.2) is 43.8 Å². The molecule has 11 heteroatoms. The highest BCUT2D eigenvalue weighted by Crippen LogP contribution is 2.21. The van der Waals surface area contributed by atoms with Crippen LogP contribution >= 0.6 is 11.6 Å². The van der Waals surface area contributed by atoms with Gasteiger partial charge in [0.05, 0.1) is 17.4 Å². The SMILES string of the molecule is CC(=O)Nc1ccc(CC(=O)[C@H](Cc2ccccc2)NC(=O)/C=C/c2cc(Cl)ccc2-n2cnnn2)cc1F. The first-order valence-electron chi connectivity index (χ1n) is 11.9. The van der Waals surface area contributed by atoms with Crippen LogP contribution in [-0.2, 0) is 27.2 Å². The van der Waals surface area contributed by atoms with Gasteiger partial charge in [0, 0.05) is 30.0 Å². The number of ketones is 1. The van der Waals surface area contributed by atoms with Gasteiger partial charge in [0.1, 0.15) is 12.1 Å². The number of anilines is 1. The number of hydrogen-bond acceptors (Lipinski definition) is 6. The predicted octanol–water partition coefficient (Wildman–Crippen LogP) is 3.97. The number of amides is 2. The summed E-state index contributed by atoms with van der Waals surface area (Å²) in [5, 5.41) is 16.8. The number of aromatic nitrogens is 4. The van der Waals surface area contributed by atoms with E-state index < -0.39 is 23.7 Å². The lowest BCUT2D eigenvalue weighted by Gasteiger charge is -2.17. The molecule has 0 saturated carbocycles. The zero-order chi connectivity index (χ0) is 27.8. The fraction of sp³-hybridized carbons (Fsp3) is 0.143. The van der Waals surface area contributed by atoms with Crippen LogP contribution in [0.1, 0.15) is 23.6 Å². The molecule has 4 aromatic rings.